The maximum absolute atomic E-state index is 5.57. The molecular formula is C13H16BrN3O. The summed E-state index contributed by atoms with van der Waals surface area (Å²) in [5.74, 6) is 5.57. The van der Waals surface area contributed by atoms with E-state index in [-0.39, 0.29) is 0 Å². The number of nitrogens with one attached hydrogen (secondary N) is 1. The molecule has 4 nitrogen and oxygen atoms in total. The van der Waals surface area contributed by atoms with Gasteiger partial charge in [0.2, 0.25) is 0 Å². The Labute approximate surface area is 115 Å². The molecule has 2 rings (SSSR count). The van der Waals surface area contributed by atoms with Gasteiger partial charge in [0.15, 0.2) is 0 Å². The van der Waals surface area contributed by atoms with E-state index in [1.54, 1.807) is 7.11 Å². The average molecular weight is 310 g/mol. The zero-order valence-corrected chi connectivity index (χ0v) is 12.2. The molecule has 0 spiro atoms. The van der Waals surface area contributed by atoms with Crippen LogP contribution in [0.3, 0.4) is 0 Å². The zero-order valence-electron chi connectivity index (χ0n) is 10.6. The summed E-state index contributed by atoms with van der Waals surface area (Å²) >= 11 is 3.45. The van der Waals surface area contributed by atoms with Crippen LogP contribution in [0.25, 0.3) is 10.9 Å². The summed E-state index contributed by atoms with van der Waals surface area (Å²) < 4.78 is 6.47. The molecule has 0 amide bonds. The Morgan fingerprint density at radius 1 is 1.33 bits per heavy atom. The molecule has 0 bridgehead atoms. The first-order valence-electron chi connectivity index (χ1n) is 5.60. The highest BCUT2D eigenvalue weighted by Gasteiger charge is 2.25. The molecule has 0 fully saturated rings. The number of anilines is 1. The van der Waals surface area contributed by atoms with Gasteiger partial charge >= 0.3 is 0 Å². The first-order chi connectivity index (χ1) is 8.47. The fourth-order valence-electron chi connectivity index (χ4n) is 1.81. The van der Waals surface area contributed by atoms with Gasteiger partial charge in [-0.15, -0.1) is 0 Å². The molecular weight excluding hydrogens is 294 g/mol. The fourth-order valence-corrected chi connectivity index (χ4v) is 2.15. The molecule has 0 unspecified atom stereocenters. The minimum atomic E-state index is -0.502. The fraction of sp³-hybridized carbons (Fsp3) is 0.308. The van der Waals surface area contributed by atoms with E-state index in [1.807, 2.05) is 38.1 Å². The lowest BCUT2D eigenvalue weighted by atomic mass is 10.0. The van der Waals surface area contributed by atoms with Gasteiger partial charge in [-0.3, -0.25) is 5.84 Å². The van der Waals surface area contributed by atoms with Gasteiger partial charge < -0.3 is 10.2 Å². The summed E-state index contributed by atoms with van der Waals surface area (Å²) in [6.07, 6.45) is 0. The van der Waals surface area contributed by atoms with E-state index in [1.165, 1.54) is 0 Å². The Morgan fingerprint density at radius 2 is 2.06 bits per heavy atom. The number of aromatic nitrogens is 1. The molecule has 1 aromatic heterocycles. The van der Waals surface area contributed by atoms with E-state index in [0.29, 0.717) is 0 Å². The van der Waals surface area contributed by atoms with Gasteiger partial charge in [0.1, 0.15) is 5.60 Å². The van der Waals surface area contributed by atoms with Gasteiger partial charge in [0, 0.05) is 17.0 Å². The van der Waals surface area contributed by atoms with Crippen molar-refractivity contribution in [3.63, 3.8) is 0 Å². The summed E-state index contributed by atoms with van der Waals surface area (Å²) in [5.41, 5.74) is 4.66. The van der Waals surface area contributed by atoms with Gasteiger partial charge in [-0.25, -0.2) is 4.98 Å². The molecule has 1 aromatic carbocycles. The molecule has 0 atom stereocenters. The van der Waals surface area contributed by atoms with Crippen molar-refractivity contribution < 1.29 is 4.74 Å². The number of halogens is 1. The van der Waals surface area contributed by atoms with Crippen LogP contribution in [0.4, 0.5) is 5.69 Å². The van der Waals surface area contributed by atoms with Crippen LogP contribution in [0.5, 0.6) is 0 Å². The van der Waals surface area contributed by atoms with Crippen molar-refractivity contribution in [3.8, 4) is 0 Å². The van der Waals surface area contributed by atoms with Crippen LogP contribution in [0.15, 0.2) is 28.7 Å². The van der Waals surface area contributed by atoms with E-state index in [0.717, 1.165) is 26.8 Å². The maximum atomic E-state index is 5.57. The van der Waals surface area contributed by atoms with Crippen LogP contribution >= 0.6 is 15.9 Å². The number of nitrogens with zero attached hydrogens (tertiary/aromatic N) is 1. The number of nitrogens with two attached hydrogens (primary N) is 1. The number of hydrogen-bond acceptors (Lipinski definition) is 4. The lowest BCUT2D eigenvalue weighted by Crippen LogP contribution is -2.24. The first kappa shape index (κ1) is 13.3. The Bertz CT molecular complexity index is 584. The van der Waals surface area contributed by atoms with Gasteiger partial charge in [0.05, 0.1) is 16.9 Å². The van der Waals surface area contributed by atoms with E-state index in [9.17, 15) is 0 Å². The van der Waals surface area contributed by atoms with Gasteiger partial charge in [-0.05, 0) is 32.0 Å². The third-order valence-corrected chi connectivity index (χ3v) is 3.51. The predicted molar refractivity (Wildman–Crippen MR) is 77.3 cm³/mol. The molecule has 0 aliphatic carbocycles. The Kier molecular flexibility index (Phi) is 3.56. The molecule has 0 radical (unpaired) electrons. The molecule has 2 aromatic rings. The van der Waals surface area contributed by atoms with Gasteiger partial charge in [0.25, 0.3) is 0 Å². The van der Waals surface area contributed by atoms with Crippen molar-refractivity contribution in [3.05, 3.63) is 34.4 Å². The topological polar surface area (TPSA) is 60.2 Å². The zero-order chi connectivity index (χ0) is 13.3. The van der Waals surface area contributed by atoms with Crippen LogP contribution < -0.4 is 11.3 Å². The van der Waals surface area contributed by atoms with Crippen LogP contribution in [-0.4, -0.2) is 12.1 Å². The number of nitrogen functional groups attached to an aromatic ring is 1. The summed E-state index contributed by atoms with van der Waals surface area (Å²) in [5, 5.41) is 1.03. The molecule has 1 heterocycles. The predicted octanol–water partition coefficient (Wildman–Crippen LogP) is 3.16. The highest BCUT2D eigenvalue weighted by atomic mass is 79.9. The minimum absolute atomic E-state index is 0.502. The van der Waals surface area contributed by atoms with E-state index in [4.69, 9.17) is 10.6 Å². The molecule has 96 valence electrons. The van der Waals surface area contributed by atoms with Crippen molar-refractivity contribution in [2.45, 2.75) is 19.4 Å². The van der Waals surface area contributed by atoms with Crippen molar-refractivity contribution in [1.82, 2.24) is 4.98 Å². The van der Waals surface area contributed by atoms with Crippen LogP contribution in [0.2, 0.25) is 0 Å². The largest absolute Gasteiger partial charge is 0.372 e. The second-order valence-corrected chi connectivity index (χ2v) is 5.50. The highest BCUT2D eigenvalue weighted by molar-refractivity contribution is 9.10. The maximum Gasteiger partial charge on any atom is 0.106 e. The summed E-state index contributed by atoms with van der Waals surface area (Å²) in [6, 6.07) is 7.93. The van der Waals surface area contributed by atoms with Crippen molar-refractivity contribution in [2.75, 3.05) is 12.5 Å². The number of hydrazine groups is 1. The number of pyridine rings is 1. The molecule has 5 heteroatoms. The normalized spacial score (nSPS) is 11.8. The Morgan fingerprint density at radius 3 is 2.67 bits per heavy atom. The molecule has 18 heavy (non-hydrogen) atoms. The quantitative estimate of drug-likeness (QED) is 0.675. The smallest absolute Gasteiger partial charge is 0.106 e. The van der Waals surface area contributed by atoms with Gasteiger partial charge in [-0.2, -0.15) is 0 Å². The third-order valence-electron chi connectivity index (χ3n) is 3.02. The number of rotatable bonds is 3. The summed E-state index contributed by atoms with van der Waals surface area (Å²) in [6.45, 7) is 3.92. The standard InChI is InChI=1S/C13H16BrN3O/c1-13(2,18-3)12-11(17-15)6-8-4-5-9(14)7-10(8)16-12/h4-7,17H,15H2,1-3H3. The molecule has 0 aliphatic heterocycles. The number of methoxy groups -OCH3 is 1. The summed E-state index contributed by atoms with van der Waals surface area (Å²) in [4.78, 5) is 4.65. The monoisotopic (exact) mass is 309 g/mol. The number of fused-ring (bicyclic) bond motifs is 1. The number of hydrogen-bond donors (Lipinski definition) is 2. The van der Waals surface area contributed by atoms with E-state index < -0.39 is 5.60 Å². The van der Waals surface area contributed by atoms with Crippen molar-refractivity contribution >= 4 is 32.5 Å². The molecule has 0 aliphatic rings. The third kappa shape index (κ3) is 2.34. The second kappa shape index (κ2) is 4.84. The average Bonchev–Trinajstić information content (AvgIpc) is 2.37. The lowest BCUT2D eigenvalue weighted by molar-refractivity contribution is 0.0164. The Hall–Kier alpha value is -1.17. The number of benzene rings is 1. The first-order valence-corrected chi connectivity index (χ1v) is 6.40. The minimum Gasteiger partial charge on any atom is -0.372 e. The molecule has 0 saturated carbocycles. The second-order valence-electron chi connectivity index (χ2n) is 4.58. The Balaban J connectivity index is 2.71. The lowest BCUT2D eigenvalue weighted by Gasteiger charge is -2.25. The summed E-state index contributed by atoms with van der Waals surface area (Å²) in [7, 11) is 1.66. The van der Waals surface area contributed by atoms with Gasteiger partial charge in [-0.1, -0.05) is 22.0 Å². The molecule has 3 N–H and O–H groups in total. The number of ether oxygens (including phenoxy) is 1. The van der Waals surface area contributed by atoms with E-state index >= 15 is 0 Å². The molecule has 0 saturated heterocycles. The SMILES string of the molecule is COC(C)(C)c1nc2cc(Br)ccc2cc1NN. The van der Waals surface area contributed by atoms with Crippen LogP contribution in [-0.2, 0) is 10.3 Å². The van der Waals surface area contributed by atoms with E-state index in [2.05, 4.69) is 26.3 Å². The highest BCUT2D eigenvalue weighted by Crippen LogP contribution is 2.31. The van der Waals surface area contributed by atoms with Crippen LogP contribution in [0.1, 0.15) is 19.5 Å². The van der Waals surface area contributed by atoms with Crippen molar-refractivity contribution in [2.24, 2.45) is 5.84 Å². The van der Waals surface area contributed by atoms with Crippen LogP contribution in [0, 0.1) is 0 Å². The van der Waals surface area contributed by atoms with Crippen molar-refractivity contribution in [1.29, 1.82) is 0 Å².